The van der Waals surface area contributed by atoms with E-state index in [1.807, 2.05) is 0 Å². The average Bonchev–Trinajstić information content (AvgIpc) is 2.80. The van der Waals surface area contributed by atoms with Gasteiger partial charge in [-0.3, -0.25) is 0 Å². The average molecular weight is 233 g/mol. The molecule has 0 aliphatic heterocycles. The van der Waals surface area contributed by atoms with Crippen LogP contribution in [0.3, 0.4) is 0 Å². The third-order valence-corrected chi connectivity index (χ3v) is 3.14. The molecule has 2 rings (SSSR count). The van der Waals surface area contributed by atoms with Crippen LogP contribution in [0.25, 0.3) is 0 Å². The minimum absolute atomic E-state index is 0.0394. The third-order valence-electron chi connectivity index (χ3n) is 1.00. The van der Waals surface area contributed by atoms with E-state index in [0.29, 0.717) is 0 Å². The number of aromatic nitrogens is 2. The highest BCUT2D eigenvalue weighted by Crippen LogP contribution is 2.07. The quantitative estimate of drug-likeness (QED) is 0.771. The first-order chi connectivity index (χ1) is 6.61. The Hall–Kier alpha value is -1.25. The number of rotatable bonds is 1. The molecule has 0 aliphatic carbocycles. The maximum absolute atomic E-state index is 10.4. The molecule has 76 valence electrons. The topological polar surface area (TPSA) is 99.1 Å². The molecule has 0 unspecified atom stereocenters. The molecule has 0 radical (unpaired) electrons. The predicted octanol–water partition coefficient (Wildman–Crippen LogP) is 0.465. The minimum Gasteiger partial charge on any atom is -0.452 e. The van der Waals surface area contributed by atoms with Crippen molar-refractivity contribution in [2.24, 2.45) is 5.14 Å². The molecule has 0 spiro atoms. The zero-order valence-corrected chi connectivity index (χ0v) is 8.53. The van der Waals surface area contributed by atoms with E-state index < -0.39 is 10.0 Å². The highest BCUT2D eigenvalue weighted by molar-refractivity contribution is 7.91. The molecule has 0 saturated carbocycles. The van der Waals surface area contributed by atoms with E-state index in [0.717, 1.165) is 11.3 Å². The fraction of sp³-hybridized carbons (Fsp3) is 0. The van der Waals surface area contributed by atoms with E-state index in [1.165, 1.54) is 18.9 Å². The molecule has 8 heteroatoms. The summed E-state index contributed by atoms with van der Waals surface area (Å²) in [7, 11) is -3.55. The predicted molar refractivity (Wildman–Crippen MR) is 50.0 cm³/mol. The summed E-state index contributed by atoms with van der Waals surface area (Å²) >= 11 is 1.01. The lowest BCUT2D eigenvalue weighted by molar-refractivity contribution is 0.558. The van der Waals surface area contributed by atoms with Gasteiger partial charge in [0, 0.05) is 11.6 Å². The van der Waals surface area contributed by atoms with E-state index in [9.17, 15) is 8.42 Å². The summed E-state index contributed by atoms with van der Waals surface area (Å²) in [5.74, 6) is 0. The van der Waals surface area contributed by atoms with Crippen molar-refractivity contribution in [1.82, 2.24) is 9.97 Å². The first kappa shape index (κ1) is 10.8. The Morgan fingerprint density at radius 1 is 1.43 bits per heavy atom. The molecule has 0 saturated heterocycles. The second kappa shape index (κ2) is 4.84. The van der Waals surface area contributed by atoms with Gasteiger partial charge in [-0.15, -0.1) is 11.3 Å². The van der Waals surface area contributed by atoms with E-state index in [1.54, 1.807) is 11.6 Å². The van der Waals surface area contributed by atoms with Crippen LogP contribution >= 0.6 is 11.3 Å². The minimum atomic E-state index is -3.55. The molecular formula is C6H7N3O3S2. The number of hydrogen-bond donors (Lipinski definition) is 1. The maximum atomic E-state index is 10.4. The molecule has 0 fully saturated rings. The Morgan fingerprint density at radius 2 is 2.21 bits per heavy atom. The second-order valence-corrected chi connectivity index (χ2v) is 4.65. The lowest BCUT2D eigenvalue weighted by Crippen LogP contribution is -2.11. The SMILES string of the molecule is NS(=O)(=O)c1nccs1.c1cocn1. The lowest BCUT2D eigenvalue weighted by atomic mass is 11.0. The fourth-order valence-corrected chi connectivity index (χ4v) is 1.80. The van der Waals surface area contributed by atoms with Crippen molar-refractivity contribution in [2.75, 3.05) is 0 Å². The van der Waals surface area contributed by atoms with E-state index >= 15 is 0 Å². The molecule has 2 aromatic heterocycles. The van der Waals surface area contributed by atoms with Gasteiger partial charge in [-0.1, -0.05) is 0 Å². The van der Waals surface area contributed by atoms with Crippen molar-refractivity contribution in [2.45, 2.75) is 4.34 Å². The molecule has 0 bridgehead atoms. The summed E-state index contributed by atoms with van der Waals surface area (Å²) in [6.07, 6.45) is 5.87. The van der Waals surface area contributed by atoms with Gasteiger partial charge in [0.1, 0.15) is 6.26 Å². The first-order valence-electron chi connectivity index (χ1n) is 3.35. The van der Waals surface area contributed by atoms with Crippen LogP contribution in [0.1, 0.15) is 0 Å². The zero-order valence-electron chi connectivity index (χ0n) is 6.90. The van der Waals surface area contributed by atoms with Crippen LogP contribution in [0.4, 0.5) is 0 Å². The number of nitrogens with two attached hydrogens (primary N) is 1. The Bertz CT molecular complexity index is 417. The van der Waals surface area contributed by atoms with Crippen LogP contribution in [-0.2, 0) is 10.0 Å². The molecule has 2 heterocycles. The van der Waals surface area contributed by atoms with Gasteiger partial charge in [-0.2, -0.15) is 0 Å². The molecule has 0 amide bonds. The van der Waals surface area contributed by atoms with E-state index in [-0.39, 0.29) is 4.34 Å². The van der Waals surface area contributed by atoms with Gasteiger partial charge in [0.05, 0.1) is 6.20 Å². The molecule has 2 N–H and O–H groups in total. The van der Waals surface area contributed by atoms with Gasteiger partial charge < -0.3 is 4.42 Å². The Kier molecular flexibility index (Phi) is 3.74. The number of hydrogen-bond acceptors (Lipinski definition) is 6. The Labute approximate surface area is 84.5 Å². The number of nitrogens with zero attached hydrogens (tertiary/aromatic N) is 2. The van der Waals surface area contributed by atoms with Gasteiger partial charge >= 0.3 is 0 Å². The molecule has 0 aromatic carbocycles. The maximum Gasteiger partial charge on any atom is 0.265 e. The van der Waals surface area contributed by atoms with Crippen LogP contribution in [0, 0.1) is 0 Å². The van der Waals surface area contributed by atoms with Gasteiger partial charge in [0.2, 0.25) is 4.34 Å². The second-order valence-electron chi connectivity index (χ2n) is 2.02. The number of sulfonamides is 1. The summed E-state index contributed by atoms with van der Waals surface area (Å²) in [6, 6.07) is 0. The molecule has 2 aromatic rings. The molecule has 14 heavy (non-hydrogen) atoms. The smallest absolute Gasteiger partial charge is 0.265 e. The van der Waals surface area contributed by atoms with Crippen molar-refractivity contribution in [3.05, 3.63) is 30.4 Å². The zero-order chi connectivity index (χ0) is 10.4. The normalized spacial score (nSPS) is 10.4. The first-order valence-corrected chi connectivity index (χ1v) is 5.78. The van der Waals surface area contributed by atoms with Crippen LogP contribution < -0.4 is 5.14 Å². The summed E-state index contributed by atoms with van der Waals surface area (Å²) in [6.45, 7) is 0. The van der Waals surface area contributed by atoms with E-state index in [2.05, 4.69) is 14.4 Å². The van der Waals surface area contributed by atoms with Crippen LogP contribution in [0.2, 0.25) is 0 Å². The molecular weight excluding hydrogens is 226 g/mol. The van der Waals surface area contributed by atoms with Crippen molar-refractivity contribution in [3.8, 4) is 0 Å². The van der Waals surface area contributed by atoms with Gasteiger partial charge in [0.25, 0.3) is 10.0 Å². The summed E-state index contributed by atoms with van der Waals surface area (Å²) in [5, 5.41) is 6.28. The molecule has 0 atom stereocenters. The van der Waals surface area contributed by atoms with Crippen molar-refractivity contribution < 1.29 is 12.8 Å². The van der Waals surface area contributed by atoms with Gasteiger partial charge in [-0.25, -0.2) is 23.5 Å². The Balaban J connectivity index is 0.000000165. The fourth-order valence-electron chi connectivity index (χ4n) is 0.527. The number of thiazole rings is 1. The monoisotopic (exact) mass is 233 g/mol. The lowest BCUT2D eigenvalue weighted by Gasteiger charge is -1.84. The van der Waals surface area contributed by atoms with Gasteiger partial charge in [0.15, 0.2) is 6.39 Å². The van der Waals surface area contributed by atoms with Crippen LogP contribution in [0.5, 0.6) is 0 Å². The summed E-state index contributed by atoms with van der Waals surface area (Å²) in [4.78, 5) is 7.05. The van der Waals surface area contributed by atoms with Crippen LogP contribution in [-0.4, -0.2) is 18.4 Å². The highest BCUT2D eigenvalue weighted by Gasteiger charge is 2.08. The largest absolute Gasteiger partial charge is 0.452 e. The molecule has 0 aliphatic rings. The van der Waals surface area contributed by atoms with E-state index in [4.69, 9.17) is 5.14 Å². The van der Waals surface area contributed by atoms with Crippen molar-refractivity contribution in [1.29, 1.82) is 0 Å². The highest BCUT2D eigenvalue weighted by atomic mass is 32.2. The number of oxazole rings is 1. The third kappa shape index (κ3) is 3.64. The number of primary sulfonamides is 1. The summed E-state index contributed by atoms with van der Waals surface area (Å²) < 4.78 is 25.3. The van der Waals surface area contributed by atoms with Crippen LogP contribution in [0.15, 0.2) is 39.2 Å². The Morgan fingerprint density at radius 3 is 2.43 bits per heavy atom. The van der Waals surface area contributed by atoms with Crippen molar-refractivity contribution >= 4 is 21.4 Å². The van der Waals surface area contributed by atoms with Gasteiger partial charge in [-0.05, 0) is 0 Å². The standard InChI is InChI=1S/C3H4N2O2S2.C3H3NO/c4-9(6,7)3-5-1-2-8-3;1-2-5-3-4-1/h1-2H,(H2,4,6,7);1-3H. The molecule has 6 nitrogen and oxygen atoms in total. The summed E-state index contributed by atoms with van der Waals surface area (Å²) in [5.41, 5.74) is 0. The van der Waals surface area contributed by atoms with Crippen molar-refractivity contribution in [3.63, 3.8) is 0 Å².